The van der Waals surface area contributed by atoms with Crippen molar-refractivity contribution in [3.8, 4) is 11.5 Å². The minimum Gasteiger partial charge on any atom is -0.454 e. The van der Waals surface area contributed by atoms with Crippen molar-refractivity contribution in [3.05, 3.63) is 53.1 Å². The van der Waals surface area contributed by atoms with E-state index in [2.05, 4.69) is 22.3 Å². The fraction of sp³-hybridized carbons (Fsp3) is 0.500. The van der Waals surface area contributed by atoms with Gasteiger partial charge < -0.3 is 19.9 Å². The van der Waals surface area contributed by atoms with Crippen LogP contribution in [0.15, 0.2) is 36.4 Å². The van der Waals surface area contributed by atoms with Gasteiger partial charge in [0.25, 0.3) is 0 Å². The molecule has 2 fully saturated rings. The maximum atomic E-state index is 13.1. The van der Waals surface area contributed by atoms with Crippen LogP contribution in [0.5, 0.6) is 11.5 Å². The standard InChI is InChI=1S/C26H32N2O4/c1-17-6-8-21(18(2)13-17)27-24(29)15-28-12-11-26(30)10-4-3-5-20(26)25(28)19-7-9-22-23(14-19)32-16-31-22/h6-9,13-14,20,25,30H,3-5,10-12,15-16H2,1-2H3,(H,27,29)/t20-,25+,26-/m1/s1. The summed E-state index contributed by atoms with van der Waals surface area (Å²) < 4.78 is 11.1. The van der Waals surface area contributed by atoms with E-state index >= 15 is 0 Å². The molecule has 2 aliphatic heterocycles. The second-order valence-electron chi connectivity index (χ2n) is 9.60. The highest BCUT2D eigenvalue weighted by atomic mass is 16.7. The first-order valence-electron chi connectivity index (χ1n) is 11.7. The molecule has 2 heterocycles. The Morgan fingerprint density at radius 1 is 1.12 bits per heavy atom. The number of carbonyl (C=O) groups is 1. The smallest absolute Gasteiger partial charge is 0.238 e. The molecule has 1 aliphatic carbocycles. The summed E-state index contributed by atoms with van der Waals surface area (Å²) in [5.74, 6) is 1.57. The molecule has 0 bridgehead atoms. The Morgan fingerprint density at radius 3 is 2.81 bits per heavy atom. The number of nitrogens with zero attached hydrogens (tertiary/aromatic N) is 1. The van der Waals surface area contributed by atoms with Crippen LogP contribution in [0.2, 0.25) is 0 Å². The van der Waals surface area contributed by atoms with Crippen molar-refractivity contribution < 1.29 is 19.4 Å². The van der Waals surface area contributed by atoms with Gasteiger partial charge >= 0.3 is 0 Å². The number of hydrogen-bond donors (Lipinski definition) is 2. The van der Waals surface area contributed by atoms with Gasteiger partial charge in [-0.15, -0.1) is 0 Å². The number of benzene rings is 2. The normalized spacial score (nSPS) is 27.1. The van der Waals surface area contributed by atoms with E-state index in [9.17, 15) is 9.90 Å². The lowest BCUT2D eigenvalue weighted by Gasteiger charge is -2.52. The van der Waals surface area contributed by atoms with E-state index in [1.807, 2.05) is 38.1 Å². The lowest BCUT2D eigenvalue weighted by atomic mass is 9.66. The maximum Gasteiger partial charge on any atom is 0.238 e. The van der Waals surface area contributed by atoms with Crippen molar-refractivity contribution in [3.63, 3.8) is 0 Å². The molecule has 2 aromatic carbocycles. The molecule has 32 heavy (non-hydrogen) atoms. The summed E-state index contributed by atoms with van der Waals surface area (Å²) in [6.07, 6.45) is 4.67. The number of fused-ring (bicyclic) bond motifs is 2. The minimum absolute atomic E-state index is 0.0241. The van der Waals surface area contributed by atoms with Crippen LogP contribution in [0.25, 0.3) is 0 Å². The largest absolute Gasteiger partial charge is 0.454 e. The van der Waals surface area contributed by atoms with Crippen LogP contribution in [-0.4, -0.2) is 41.4 Å². The highest BCUT2D eigenvalue weighted by Gasteiger charge is 2.49. The van der Waals surface area contributed by atoms with E-state index in [0.717, 1.165) is 54.0 Å². The van der Waals surface area contributed by atoms with Crippen molar-refractivity contribution in [2.45, 2.75) is 57.6 Å². The van der Waals surface area contributed by atoms with Crippen LogP contribution >= 0.6 is 0 Å². The zero-order chi connectivity index (χ0) is 22.3. The number of likely N-dealkylation sites (tertiary alicyclic amines) is 1. The summed E-state index contributed by atoms with van der Waals surface area (Å²) in [6, 6.07) is 12.1. The third kappa shape index (κ3) is 3.97. The van der Waals surface area contributed by atoms with Gasteiger partial charge in [-0.3, -0.25) is 9.69 Å². The topological polar surface area (TPSA) is 71.0 Å². The number of anilines is 1. The Balaban J connectivity index is 1.41. The Morgan fingerprint density at radius 2 is 1.97 bits per heavy atom. The molecule has 0 spiro atoms. The SMILES string of the molecule is Cc1ccc(NC(=O)CN2CC[C@]3(O)CCCC[C@@H]3[C@@H]2c2ccc3c(c2)OCO3)c(C)c1. The first kappa shape index (κ1) is 21.3. The molecule has 2 aromatic rings. The Bertz CT molecular complexity index is 1020. The molecule has 3 atom stereocenters. The molecule has 6 nitrogen and oxygen atoms in total. The molecule has 5 rings (SSSR count). The van der Waals surface area contributed by atoms with Gasteiger partial charge in [-0.1, -0.05) is 36.6 Å². The summed E-state index contributed by atoms with van der Waals surface area (Å²) in [6.45, 7) is 5.28. The van der Waals surface area contributed by atoms with Gasteiger partial charge in [-0.2, -0.15) is 0 Å². The van der Waals surface area contributed by atoms with Gasteiger partial charge in [-0.05, 0) is 62.4 Å². The molecule has 1 saturated heterocycles. The number of carbonyl (C=O) groups excluding carboxylic acids is 1. The minimum atomic E-state index is -0.667. The van der Waals surface area contributed by atoms with Gasteiger partial charge in [0.1, 0.15) is 0 Å². The fourth-order valence-electron chi connectivity index (χ4n) is 5.79. The van der Waals surface area contributed by atoms with Crippen molar-refractivity contribution in [1.82, 2.24) is 4.90 Å². The molecular formula is C26H32N2O4. The number of aliphatic hydroxyl groups is 1. The lowest BCUT2D eigenvalue weighted by molar-refractivity contribution is -0.135. The maximum absolute atomic E-state index is 13.1. The average molecular weight is 437 g/mol. The fourth-order valence-corrected chi connectivity index (χ4v) is 5.79. The molecule has 1 saturated carbocycles. The van der Waals surface area contributed by atoms with Crippen LogP contribution in [0.3, 0.4) is 0 Å². The summed E-state index contributed by atoms with van der Waals surface area (Å²) in [7, 11) is 0. The predicted molar refractivity (Wildman–Crippen MR) is 123 cm³/mol. The monoisotopic (exact) mass is 436 g/mol. The Hall–Kier alpha value is -2.57. The van der Waals surface area contributed by atoms with Gasteiger partial charge in [0.15, 0.2) is 11.5 Å². The number of nitrogens with one attached hydrogen (secondary N) is 1. The highest BCUT2D eigenvalue weighted by molar-refractivity contribution is 5.93. The third-order valence-electron chi connectivity index (χ3n) is 7.41. The molecule has 3 aliphatic rings. The van der Waals surface area contributed by atoms with E-state index in [4.69, 9.17) is 9.47 Å². The predicted octanol–water partition coefficient (Wildman–Crippen LogP) is 4.34. The molecular weight excluding hydrogens is 404 g/mol. The molecule has 2 N–H and O–H groups in total. The van der Waals surface area contributed by atoms with E-state index in [-0.39, 0.29) is 24.7 Å². The van der Waals surface area contributed by atoms with Crippen LogP contribution in [0.1, 0.15) is 54.8 Å². The number of rotatable bonds is 4. The Labute approximate surface area is 189 Å². The second-order valence-corrected chi connectivity index (χ2v) is 9.60. The van der Waals surface area contributed by atoms with Crippen LogP contribution in [-0.2, 0) is 4.79 Å². The molecule has 0 unspecified atom stereocenters. The zero-order valence-corrected chi connectivity index (χ0v) is 18.9. The summed E-state index contributed by atoms with van der Waals surface area (Å²) >= 11 is 0. The quantitative estimate of drug-likeness (QED) is 0.746. The average Bonchev–Trinajstić information content (AvgIpc) is 3.23. The van der Waals surface area contributed by atoms with E-state index in [1.165, 1.54) is 5.56 Å². The van der Waals surface area contributed by atoms with Crippen LogP contribution in [0.4, 0.5) is 5.69 Å². The zero-order valence-electron chi connectivity index (χ0n) is 18.9. The number of piperidine rings is 1. The van der Waals surface area contributed by atoms with Gasteiger partial charge in [0, 0.05) is 24.2 Å². The van der Waals surface area contributed by atoms with Crippen molar-refractivity contribution >= 4 is 11.6 Å². The number of hydrogen-bond acceptors (Lipinski definition) is 5. The second kappa shape index (κ2) is 8.41. The molecule has 0 radical (unpaired) electrons. The molecule has 170 valence electrons. The van der Waals surface area contributed by atoms with Gasteiger partial charge in [0.2, 0.25) is 12.7 Å². The summed E-state index contributed by atoms with van der Waals surface area (Å²) in [4.78, 5) is 15.3. The Kier molecular flexibility index (Phi) is 5.59. The van der Waals surface area contributed by atoms with E-state index < -0.39 is 5.60 Å². The third-order valence-corrected chi connectivity index (χ3v) is 7.41. The lowest BCUT2D eigenvalue weighted by Crippen LogP contribution is -2.56. The molecule has 0 aromatic heterocycles. The van der Waals surface area contributed by atoms with Crippen molar-refractivity contribution in [2.24, 2.45) is 5.92 Å². The van der Waals surface area contributed by atoms with Gasteiger partial charge in [-0.25, -0.2) is 0 Å². The van der Waals surface area contributed by atoms with Crippen LogP contribution < -0.4 is 14.8 Å². The van der Waals surface area contributed by atoms with E-state index in [0.29, 0.717) is 19.5 Å². The summed E-state index contributed by atoms with van der Waals surface area (Å²) in [5.41, 5.74) is 3.51. The van der Waals surface area contributed by atoms with Crippen LogP contribution in [0, 0.1) is 19.8 Å². The number of aryl methyl sites for hydroxylation is 2. The summed E-state index contributed by atoms with van der Waals surface area (Å²) in [5, 5.41) is 14.6. The first-order valence-corrected chi connectivity index (χ1v) is 11.7. The first-order chi connectivity index (χ1) is 15.4. The number of amides is 1. The van der Waals surface area contributed by atoms with Crippen molar-refractivity contribution in [2.75, 3.05) is 25.2 Å². The van der Waals surface area contributed by atoms with E-state index in [1.54, 1.807) is 0 Å². The van der Waals surface area contributed by atoms with Crippen molar-refractivity contribution in [1.29, 1.82) is 0 Å². The number of ether oxygens (including phenoxy) is 2. The molecule has 6 heteroatoms. The molecule has 1 amide bonds. The van der Waals surface area contributed by atoms with Gasteiger partial charge in [0.05, 0.1) is 12.1 Å². The highest BCUT2D eigenvalue weighted by Crippen LogP contribution is 2.50.